The lowest BCUT2D eigenvalue weighted by Gasteiger charge is -2.09. The summed E-state index contributed by atoms with van der Waals surface area (Å²) in [7, 11) is 0. The highest BCUT2D eigenvalue weighted by atomic mass is 79.9. The quantitative estimate of drug-likeness (QED) is 0.849. The summed E-state index contributed by atoms with van der Waals surface area (Å²) in [4.78, 5) is 16.3. The molecule has 16 heavy (non-hydrogen) atoms. The number of hydrogen-bond acceptors (Lipinski definition) is 2. The van der Waals surface area contributed by atoms with E-state index in [1.807, 2.05) is 6.07 Å². The van der Waals surface area contributed by atoms with Crippen LogP contribution in [0.5, 0.6) is 0 Å². The zero-order chi connectivity index (χ0) is 11.7. The molecule has 2 aromatic rings. The molecule has 0 aliphatic rings. The van der Waals surface area contributed by atoms with E-state index in [0.717, 1.165) is 4.47 Å². The Morgan fingerprint density at radius 3 is 2.94 bits per heavy atom. The van der Waals surface area contributed by atoms with Crippen LogP contribution in [-0.4, -0.2) is 16.2 Å². The van der Waals surface area contributed by atoms with Crippen molar-refractivity contribution >= 4 is 26.8 Å². The number of para-hydroxylation sites is 1. The smallest absolute Gasteiger partial charge is 0.261 e. The van der Waals surface area contributed by atoms with Crippen molar-refractivity contribution in [2.45, 2.75) is 13.5 Å². The minimum absolute atomic E-state index is 0.0557. The molecule has 0 N–H and O–H groups in total. The molecule has 0 aliphatic heterocycles. The molecule has 5 heteroatoms. The molecular weight excluding hydrogens is 275 g/mol. The maximum absolute atomic E-state index is 12.3. The molecule has 1 heterocycles. The lowest BCUT2D eigenvalue weighted by molar-refractivity contribution is 0.435. The van der Waals surface area contributed by atoms with E-state index in [1.54, 1.807) is 19.1 Å². The van der Waals surface area contributed by atoms with Crippen LogP contribution in [0, 0.1) is 6.92 Å². The summed E-state index contributed by atoms with van der Waals surface area (Å²) in [5.74, 6) is 0.530. The van der Waals surface area contributed by atoms with E-state index in [2.05, 4.69) is 20.9 Å². The van der Waals surface area contributed by atoms with Gasteiger partial charge in [0.15, 0.2) is 0 Å². The van der Waals surface area contributed by atoms with Gasteiger partial charge in [0.25, 0.3) is 5.56 Å². The first-order valence-corrected chi connectivity index (χ1v) is 5.66. The Balaban J connectivity index is 2.84. The van der Waals surface area contributed by atoms with Gasteiger partial charge in [0.1, 0.15) is 12.5 Å². The maximum Gasteiger partial charge on any atom is 0.261 e. The summed E-state index contributed by atoms with van der Waals surface area (Å²) in [6.45, 7) is 1.19. The second-order valence-electron chi connectivity index (χ2n) is 3.44. The predicted molar refractivity (Wildman–Crippen MR) is 64.4 cm³/mol. The first-order valence-electron chi connectivity index (χ1n) is 4.87. The lowest BCUT2D eigenvalue weighted by atomic mass is 10.2. The summed E-state index contributed by atoms with van der Waals surface area (Å²) < 4.78 is 14.5. The molecule has 0 spiro atoms. The van der Waals surface area contributed by atoms with Gasteiger partial charge in [-0.05, 0) is 35.0 Å². The number of benzene rings is 1. The van der Waals surface area contributed by atoms with E-state index in [9.17, 15) is 9.18 Å². The minimum Gasteiger partial charge on any atom is -0.294 e. The van der Waals surface area contributed by atoms with Crippen molar-refractivity contribution in [3.05, 3.63) is 38.9 Å². The van der Waals surface area contributed by atoms with Gasteiger partial charge in [0.2, 0.25) is 0 Å². The van der Waals surface area contributed by atoms with E-state index in [-0.39, 0.29) is 12.1 Å². The first kappa shape index (κ1) is 11.3. The number of aryl methyl sites for hydroxylation is 1. The van der Waals surface area contributed by atoms with Crippen LogP contribution in [0.15, 0.2) is 27.5 Å². The SMILES string of the molecule is Cc1nc2c(Br)cccc2c(=O)n1CCF. The van der Waals surface area contributed by atoms with Crippen LogP contribution >= 0.6 is 15.9 Å². The molecule has 0 saturated carbocycles. The monoisotopic (exact) mass is 284 g/mol. The van der Waals surface area contributed by atoms with E-state index < -0.39 is 6.67 Å². The topological polar surface area (TPSA) is 34.9 Å². The third kappa shape index (κ3) is 1.75. The van der Waals surface area contributed by atoms with Gasteiger partial charge in [-0.25, -0.2) is 9.37 Å². The highest BCUT2D eigenvalue weighted by molar-refractivity contribution is 9.10. The summed E-state index contributed by atoms with van der Waals surface area (Å²) in [5.41, 5.74) is 0.432. The Morgan fingerprint density at radius 2 is 2.25 bits per heavy atom. The second kappa shape index (κ2) is 4.33. The molecular formula is C11H10BrFN2O. The Hall–Kier alpha value is -1.23. The predicted octanol–water partition coefficient (Wildman–Crippen LogP) is 2.44. The van der Waals surface area contributed by atoms with Crippen LogP contribution in [0.3, 0.4) is 0 Å². The van der Waals surface area contributed by atoms with Gasteiger partial charge in [0.05, 0.1) is 17.4 Å². The zero-order valence-electron chi connectivity index (χ0n) is 8.70. The average molecular weight is 285 g/mol. The fourth-order valence-corrected chi connectivity index (χ4v) is 2.12. The van der Waals surface area contributed by atoms with Crippen LogP contribution in [-0.2, 0) is 6.54 Å². The largest absolute Gasteiger partial charge is 0.294 e. The van der Waals surface area contributed by atoms with Crippen molar-refractivity contribution in [1.29, 1.82) is 0 Å². The fraction of sp³-hybridized carbons (Fsp3) is 0.273. The van der Waals surface area contributed by atoms with Crippen LogP contribution in [0.4, 0.5) is 4.39 Å². The Morgan fingerprint density at radius 1 is 1.50 bits per heavy atom. The number of hydrogen-bond donors (Lipinski definition) is 0. The molecule has 0 atom stereocenters. The van der Waals surface area contributed by atoms with E-state index in [1.165, 1.54) is 4.57 Å². The number of fused-ring (bicyclic) bond motifs is 1. The molecule has 0 bridgehead atoms. The normalized spacial score (nSPS) is 10.9. The Kier molecular flexibility index (Phi) is 3.05. The third-order valence-corrected chi connectivity index (χ3v) is 3.07. The molecule has 0 fully saturated rings. The third-order valence-electron chi connectivity index (χ3n) is 2.43. The molecule has 0 unspecified atom stereocenters. The molecule has 0 amide bonds. The van der Waals surface area contributed by atoms with Gasteiger partial charge in [-0.3, -0.25) is 9.36 Å². The van der Waals surface area contributed by atoms with Gasteiger partial charge in [-0.1, -0.05) is 6.07 Å². The summed E-state index contributed by atoms with van der Waals surface area (Å²) >= 11 is 3.34. The zero-order valence-corrected chi connectivity index (χ0v) is 10.3. The van der Waals surface area contributed by atoms with Gasteiger partial charge in [-0.2, -0.15) is 0 Å². The molecule has 0 saturated heterocycles. The number of nitrogens with zero attached hydrogens (tertiary/aromatic N) is 2. The van der Waals surface area contributed by atoms with Gasteiger partial charge >= 0.3 is 0 Å². The highest BCUT2D eigenvalue weighted by Gasteiger charge is 2.09. The molecule has 2 rings (SSSR count). The summed E-state index contributed by atoms with van der Waals surface area (Å²) in [6.07, 6.45) is 0. The van der Waals surface area contributed by atoms with Crippen LogP contribution < -0.4 is 5.56 Å². The van der Waals surface area contributed by atoms with E-state index in [0.29, 0.717) is 16.7 Å². The maximum atomic E-state index is 12.3. The van der Waals surface area contributed by atoms with Gasteiger partial charge < -0.3 is 0 Å². The van der Waals surface area contributed by atoms with Crippen LogP contribution in [0.1, 0.15) is 5.82 Å². The minimum atomic E-state index is -0.568. The van der Waals surface area contributed by atoms with Crippen molar-refractivity contribution < 1.29 is 4.39 Å². The summed E-state index contributed by atoms with van der Waals surface area (Å²) in [6, 6.07) is 5.29. The van der Waals surface area contributed by atoms with Crippen molar-refractivity contribution in [2.75, 3.05) is 6.67 Å². The number of alkyl halides is 1. The first-order chi connectivity index (χ1) is 7.65. The molecule has 84 valence electrons. The molecule has 1 aromatic heterocycles. The van der Waals surface area contributed by atoms with Crippen molar-refractivity contribution in [3.8, 4) is 0 Å². The van der Waals surface area contributed by atoms with E-state index >= 15 is 0 Å². The van der Waals surface area contributed by atoms with Crippen molar-refractivity contribution in [1.82, 2.24) is 9.55 Å². The molecule has 0 radical (unpaired) electrons. The van der Waals surface area contributed by atoms with Gasteiger partial charge in [0, 0.05) is 4.47 Å². The van der Waals surface area contributed by atoms with Crippen LogP contribution in [0.25, 0.3) is 10.9 Å². The Labute approximate surface area is 100 Å². The van der Waals surface area contributed by atoms with E-state index in [4.69, 9.17) is 0 Å². The average Bonchev–Trinajstić information content (AvgIpc) is 2.26. The Bertz CT molecular complexity index is 594. The number of aromatic nitrogens is 2. The molecule has 0 aliphatic carbocycles. The number of rotatable bonds is 2. The highest BCUT2D eigenvalue weighted by Crippen LogP contribution is 2.19. The summed E-state index contributed by atoms with van der Waals surface area (Å²) in [5, 5.41) is 0.508. The van der Waals surface area contributed by atoms with Gasteiger partial charge in [-0.15, -0.1) is 0 Å². The fourth-order valence-electron chi connectivity index (χ4n) is 1.66. The van der Waals surface area contributed by atoms with Crippen molar-refractivity contribution in [2.24, 2.45) is 0 Å². The second-order valence-corrected chi connectivity index (χ2v) is 4.30. The standard InChI is InChI=1S/C11H10BrFN2O/c1-7-14-10-8(3-2-4-9(10)12)11(16)15(7)6-5-13/h2-4H,5-6H2,1H3. The number of halogens is 2. The van der Waals surface area contributed by atoms with Crippen LogP contribution in [0.2, 0.25) is 0 Å². The lowest BCUT2D eigenvalue weighted by Crippen LogP contribution is -2.24. The van der Waals surface area contributed by atoms with Crippen molar-refractivity contribution in [3.63, 3.8) is 0 Å². The molecule has 1 aromatic carbocycles. The molecule has 3 nitrogen and oxygen atoms in total.